The molecule has 2 aromatic carbocycles. The smallest absolute Gasteiger partial charge is 0.322 e. The number of amides is 3. The average Bonchev–Trinajstić information content (AvgIpc) is 3.23. The molecule has 0 aromatic heterocycles. The van der Waals surface area contributed by atoms with Crippen molar-refractivity contribution in [2.75, 3.05) is 32.7 Å². The molecule has 1 saturated heterocycles. The topological polar surface area (TPSA) is 65.1 Å². The van der Waals surface area contributed by atoms with E-state index < -0.39 is 6.04 Å². The first-order chi connectivity index (χ1) is 18.0. The van der Waals surface area contributed by atoms with Crippen molar-refractivity contribution in [2.45, 2.75) is 44.7 Å². The Morgan fingerprint density at radius 1 is 1.05 bits per heavy atom. The third kappa shape index (κ3) is 5.42. The summed E-state index contributed by atoms with van der Waals surface area (Å²) in [6.45, 7) is 9.72. The molecule has 2 unspecified atom stereocenters. The Morgan fingerprint density at radius 2 is 1.86 bits per heavy atom. The van der Waals surface area contributed by atoms with Crippen LogP contribution in [0.5, 0.6) is 11.5 Å². The number of urea groups is 1. The Labute approximate surface area is 219 Å². The van der Waals surface area contributed by atoms with E-state index >= 15 is 0 Å². The second-order valence-corrected chi connectivity index (χ2v) is 10.1. The van der Waals surface area contributed by atoms with Crippen LogP contribution in [0.4, 0.5) is 4.79 Å². The number of likely N-dealkylation sites (tertiary alicyclic amines) is 1. The predicted molar refractivity (Wildman–Crippen MR) is 144 cm³/mol. The summed E-state index contributed by atoms with van der Waals surface area (Å²) in [6, 6.07) is 17.0. The van der Waals surface area contributed by atoms with Gasteiger partial charge < -0.3 is 19.9 Å². The molecule has 1 N–H and O–H groups in total. The van der Waals surface area contributed by atoms with Crippen LogP contribution in [0.1, 0.15) is 44.2 Å². The monoisotopic (exact) mass is 500 g/mol. The third-order valence-electron chi connectivity index (χ3n) is 7.59. The van der Waals surface area contributed by atoms with Gasteiger partial charge in [-0.3, -0.25) is 9.69 Å². The number of rotatable bonds is 9. The van der Waals surface area contributed by atoms with Crippen LogP contribution in [0.25, 0.3) is 0 Å². The SMILES string of the molecule is C=CCN1C(=O)NC(c2cccc(Oc3ccccc3)c2)C2=C1CN(CCCN1CCCCC1C)C2=O. The molecule has 0 saturated carbocycles. The third-order valence-corrected chi connectivity index (χ3v) is 7.59. The standard InChI is InChI=1S/C30H36N4O3/c1-3-16-34-26-21-33(19-10-18-32-17-8-7-11-22(32)2)29(35)27(26)28(31-30(34)36)23-12-9-15-25(20-23)37-24-13-5-4-6-14-24/h3-6,9,12-15,20,22,28H,1,7-8,10-11,16-19,21H2,2H3,(H,31,36). The van der Waals surface area contributed by atoms with Crippen molar-refractivity contribution in [1.29, 1.82) is 0 Å². The summed E-state index contributed by atoms with van der Waals surface area (Å²) < 4.78 is 6.02. The summed E-state index contributed by atoms with van der Waals surface area (Å²) in [5.41, 5.74) is 2.24. The molecule has 0 bridgehead atoms. The lowest BCUT2D eigenvalue weighted by atomic mass is 9.95. The fourth-order valence-electron chi connectivity index (χ4n) is 5.64. The second kappa shape index (κ2) is 11.2. The average molecular weight is 501 g/mol. The first-order valence-electron chi connectivity index (χ1n) is 13.3. The number of para-hydroxylation sites is 1. The molecule has 3 aliphatic heterocycles. The van der Waals surface area contributed by atoms with E-state index in [1.54, 1.807) is 11.0 Å². The van der Waals surface area contributed by atoms with Gasteiger partial charge in [0.1, 0.15) is 11.5 Å². The van der Waals surface area contributed by atoms with Crippen LogP contribution in [0, 0.1) is 0 Å². The zero-order valence-corrected chi connectivity index (χ0v) is 21.6. The van der Waals surface area contributed by atoms with Crippen LogP contribution in [0.3, 0.4) is 0 Å². The van der Waals surface area contributed by atoms with E-state index in [-0.39, 0.29) is 11.9 Å². The Kier molecular flexibility index (Phi) is 7.60. The number of hydrogen-bond donors (Lipinski definition) is 1. The van der Waals surface area contributed by atoms with E-state index in [2.05, 4.69) is 23.7 Å². The van der Waals surface area contributed by atoms with E-state index in [4.69, 9.17) is 4.74 Å². The number of ether oxygens (including phenoxy) is 1. The van der Waals surface area contributed by atoms with Gasteiger partial charge >= 0.3 is 6.03 Å². The molecule has 37 heavy (non-hydrogen) atoms. The van der Waals surface area contributed by atoms with E-state index in [0.29, 0.717) is 37.0 Å². The van der Waals surface area contributed by atoms with E-state index in [1.807, 2.05) is 59.5 Å². The van der Waals surface area contributed by atoms with Gasteiger partial charge in [-0.15, -0.1) is 6.58 Å². The minimum absolute atomic E-state index is 0.00450. The van der Waals surface area contributed by atoms with E-state index in [1.165, 1.54) is 19.3 Å². The normalized spacial score (nSPS) is 22.2. The van der Waals surface area contributed by atoms with Crippen LogP contribution in [0.2, 0.25) is 0 Å². The van der Waals surface area contributed by atoms with Crippen LogP contribution in [-0.2, 0) is 4.79 Å². The minimum atomic E-state index is -0.525. The fourth-order valence-corrected chi connectivity index (χ4v) is 5.64. The Hall–Kier alpha value is -3.58. The maximum atomic E-state index is 13.7. The number of nitrogens with zero attached hydrogens (tertiary/aromatic N) is 3. The molecule has 0 aliphatic carbocycles. The number of carbonyl (C=O) groups excluding carboxylic acids is 2. The van der Waals surface area contributed by atoms with Gasteiger partial charge in [0.25, 0.3) is 5.91 Å². The van der Waals surface area contributed by atoms with Crippen molar-refractivity contribution in [3.05, 3.63) is 84.1 Å². The summed E-state index contributed by atoms with van der Waals surface area (Å²) in [5, 5.41) is 3.06. The largest absolute Gasteiger partial charge is 0.457 e. The Morgan fingerprint density at radius 3 is 2.65 bits per heavy atom. The summed E-state index contributed by atoms with van der Waals surface area (Å²) in [5.74, 6) is 1.39. The van der Waals surface area contributed by atoms with Gasteiger partial charge in [-0.25, -0.2) is 4.79 Å². The minimum Gasteiger partial charge on any atom is -0.457 e. The molecule has 3 aliphatic rings. The maximum Gasteiger partial charge on any atom is 0.322 e. The maximum absolute atomic E-state index is 13.7. The summed E-state index contributed by atoms with van der Waals surface area (Å²) in [7, 11) is 0. The van der Waals surface area contributed by atoms with E-state index in [9.17, 15) is 9.59 Å². The van der Waals surface area contributed by atoms with Crippen molar-refractivity contribution in [3.63, 3.8) is 0 Å². The number of carbonyl (C=O) groups is 2. The Bertz CT molecular complexity index is 1180. The molecular formula is C30H36N4O3. The summed E-state index contributed by atoms with van der Waals surface area (Å²) >= 11 is 0. The van der Waals surface area contributed by atoms with Crippen molar-refractivity contribution in [1.82, 2.24) is 20.0 Å². The molecule has 0 radical (unpaired) electrons. The highest BCUT2D eigenvalue weighted by Gasteiger charge is 2.43. The first-order valence-corrected chi connectivity index (χ1v) is 13.3. The van der Waals surface area contributed by atoms with Crippen LogP contribution < -0.4 is 10.1 Å². The van der Waals surface area contributed by atoms with Gasteiger partial charge in [-0.2, -0.15) is 0 Å². The van der Waals surface area contributed by atoms with Crippen LogP contribution in [0.15, 0.2) is 78.5 Å². The molecule has 5 rings (SSSR count). The highest BCUT2D eigenvalue weighted by Crippen LogP contribution is 2.37. The fraction of sp³-hybridized carbons (Fsp3) is 0.400. The molecule has 7 heteroatoms. The lowest BCUT2D eigenvalue weighted by Crippen LogP contribution is -2.47. The van der Waals surface area contributed by atoms with Gasteiger partial charge in [-0.05, 0) is 62.6 Å². The lowest BCUT2D eigenvalue weighted by molar-refractivity contribution is -0.125. The molecule has 2 aromatic rings. The van der Waals surface area contributed by atoms with Gasteiger partial charge in [0.15, 0.2) is 0 Å². The van der Waals surface area contributed by atoms with Gasteiger partial charge in [-0.1, -0.05) is 42.8 Å². The molecule has 3 amide bonds. The second-order valence-electron chi connectivity index (χ2n) is 10.1. The number of hydrogen-bond acceptors (Lipinski definition) is 4. The van der Waals surface area contributed by atoms with Gasteiger partial charge in [0.05, 0.1) is 23.9 Å². The van der Waals surface area contributed by atoms with E-state index in [0.717, 1.165) is 36.5 Å². The molecule has 2 atom stereocenters. The molecular weight excluding hydrogens is 464 g/mol. The zero-order valence-electron chi connectivity index (χ0n) is 21.6. The summed E-state index contributed by atoms with van der Waals surface area (Å²) in [6.07, 6.45) is 6.42. The molecule has 0 spiro atoms. The molecule has 3 heterocycles. The zero-order chi connectivity index (χ0) is 25.8. The quantitative estimate of drug-likeness (QED) is 0.487. The number of benzene rings is 2. The van der Waals surface area contributed by atoms with Crippen molar-refractivity contribution in [3.8, 4) is 11.5 Å². The van der Waals surface area contributed by atoms with Crippen LogP contribution >= 0.6 is 0 Å². The highest BCUT2D eigenvalue weighted by atomic mass is 16.5. The number of piperidine rings is 1. The predicted octanol–water partition coefficient (Wildman–Crippen LogP) is 5.09. The summed E-state index contributed by atoms with van der Waals surface area (Å²) in [4.78, 5) is 32.9. The van der Waals surface area contributed by atoms with Crippen molar-refractivity contribution >= 4 is 11.9 Å². The Balaban J connectivity index is 1.35. The molecule has 194 valence electrons. The van der Waals surface area contributed by atoms with Gasteiger partial charge in [0, 0.05) is 25.7 Å². The number of nitrogens with one attached hydrogen (secondary N) is 1. The van der Waals surface area contributed by atoms with Crippen molar-refractivity contribution in [2.24, 2.45) is 0 Å². The van der Waals surface area contributed by atoms with Crippen LogP contribution in [-0.4, -0.2) is 65.4 Å². The lowest BCUT2D eigenvalue weighted by Gasteiger charge is -2.33. The molecule has 7 nitrogen and oxygen atoms in total. The molecule has 1 fully saturated rings. The van der Waals surface area contributed by atoms with Gasteiger partial charge in [0.2, 0.25) is 0 Å². The highest BCUT2D eigenvalue weighted by molar-refractivity contribution is 6.01. The first kappa shape index (κ1) is 25.1. The van der Waals surface area contributed by atoms with Crippen molar-refractivity contribution < 1.29 is 14.3 Å².